The van der Waals surface area contributed by atoms with Gasteiger partial charge in [0.1, 0.15) is 5.82 Å². The predicted octanol–water partition coefficient (Wildman–Crippen LogP) is 1.59. The van der Waals surface area contributed by atoms with Crippen LogP contribution >= 0.6 is 11.8 Å². The number of nitrogens with two attached hydrogens (primary N) is 1. The first-order valence-corrected chi connectivity index (χ1v) is 7.66. The third-order valence-corrected chi connectivity index (χ3v) is 3.91. The minimum Gasteiger partial charge on any atom is -0.366 e. The van der Waals surface area contributed by atoms with Crippen LogP contribution in [0.25, 0.3) is 0 Å². The van der Waals surface area contributed by atoms with Gasteiger partial charge in [-0.15, -0.1) is 5.10 Å². The molecule has 1 atom stereocenters. The van der Waals surface area contributed by atoms with Gasteiger partial charge in [-0.2, -0.15) is 0 Å². The Labute approximate surface area is 132 Å². The summed E-state index contributed by atoms with van der Waals surface area (Å²) in [5.41, 5.74) is 5.97. The Hall–Kier alpha value is -2.35. The van der Waals surface area contributed by atoms with Crippen LogP contribution in [0.5, 0.6) is 0 Å². The molecule has 0 aliphatic rings. The van der Waals surface area contributed by atoms with Crippen LogP contribution in [0.15, 0.2) is 29.4 Å². The van der Waals surface area contributed by atoms with Crippen LogP contribution in [0, 0.1) is 0 Å². The summed E-state index contributed by atoms with van der Waals surface area (Å²) >= 11 is 1.24. The largest absolute Gasteiger partial charge is 0.366 e. The van der Waals surface area contributed by atoms with Crippen molar-refractivity contribution in [1.29, 1.82) is 0 Å². The fraction of sp³-hybridized carbons (Fsp3) is 0.286. The molecule has 1 aromatic carbocycles. The zero-order valence-electron chi connectivity index (χ0n) is 12.3. The lowest BCUT2D eigenvalue weighted by Gasteiger charge is -2.12. The van der Waals surface area contributed by atoms with Crippen molar-refractivity contribution in [2.24, 2.45) is 5.73 Å². The highest BCUT2D eigenvalue weighted by Gasteiger charge is 2.19. The monoisotopic (exact) mass is 319 g/mol. The quantitative estimate of drug-likeness (QED) is 0.700. The van der Waals surface area contributed by atoms with E-state index in [0.29, 0.717) is 10.8 Å². The van der Waals surface area contributed by atoms with Crippen molar-refractivity contribution in [3.8, 4) is 0 Å². The molecule has 2 aromatic rings. The third-order valence-electron chi connectivity index (χ3n) is 2.95. The zero-order valence-corrected chi connectivity index (χ0v) is 13.1. The van der Waals surface area contributed by atoms with Gasteiger partial charge in [-0.25, -0.2) is 4.98 Å². The van der Waals surface area contributed by atoms with E-state index in [1.807, 2.05) is 6.92 Å². The van der Waals surface area contributed by atoms with Crippen LogP contribution in [0.2, 0.25) is 0 Å². The van der Waals surface area contributed by atoms with Crippen LogP contribution in [-0.4, -0.2) is 32.2 Å². The van der Waals surface area contributed by atoms with Gasteiger partial charge in [0.2, 0.25) is 11.1 Å². The van der Waals surface area contributed by atoms with E-state index in [4.69, 9.17) is 5.73 Å². The summed E-state index contributed by atoms with van der Waals surface area (Å²) in [7, 11) is 0. The number of hydrogen-bond acceptors (Lipinski definition) is 5. The molecule has 116 valence electrons. The average molecular weight is 319 g/mol. The van der Waals surface area contributed by atoms with Crippen LogP contribution in [0.4, 0.5) is 5.69 Å². The van der Waals surface area contributed by atoms with Crippen molar-refractivity contribution < 1.29 is 9.59 Å². The maximum absolute atomic E-state index is 12.2. The summed E-state index contributed by atoms with van der Waals surface area (Å²) < 4.78 is 0. The molecule has 2 amide bonds. The minimum atomic E-state index is -0.585. The molecule has 4 N–H and O–H groups in total. The second-order valence-corrected chi connectivity index (χ2v) is 5.89. The van der Waals surface area contributed by atoms with E-state index in [9.17, 15) is 9.59 Å². The summed E-state index contributed by atoms with van der Waals surface area (Å²) in [6.07, 6.45) is 0.750. The van der Waals surface area contributed by atoms with E-state index in [1.165, 1.54) is 11.8 Å². The summed E-state index contributed by atoms with van der Waals surface area (Å²) in [4.78, 5) is 27.8. The molecular weight excluding hydrogens is 302 g/mol. The summed E-state index contributed by atoms with van der Waals surface area (Å²) in [6.45, 7) is 3.71. The lowest BCUT2D eigenvalue weighted by molar-refractivity contribution is -0.115. The van der Waals surface area contributed by atoms with Gasteiger partial charge in [0.05, 0.1) is 16.5 Å². The Morgan fingerprint density at radius 1 is 1.41 bits per heavy atom. The number of nitrogens with one attached hydrogen (secondary N) is 2. The maximum Gasteiger partial charge on any atom is 0.250 e. The van der Waals surface area contributed by atoms with Gasteiger partial charge in [-0.05, 0) is 19.1 Å². The van der Waals surface area contributed by atoms with Crippen LogP contribution in [0.3, 0.4) is 0 Å². The van der Waals surface area contributed by atoms with Crippen molar-refractivity contribution >= 4 is 29.3 Å². The number of primary amides is 1. The number of nitrogens with zero attached hydrogens (tertiary/aromatic N) is 2. The Kier molecular flexibility index (Phi) is 5.16. The Morgan fingerprint density at radius 3 is 2.77 bits per heavy atom. The third kappa shape index (κ3) is 3.85. The molecular formula is C14H17N5O2S. The lowest BCUT2D eigenvalue weighted by Crippen LogP contribution is -2.24. The number of aromatic amines is 1. The van der Waals surface area contributed by atoms with E-state index in [-0.39, 0.29) is 11.5 Å². The van der Waals surface area contributed by atoms with Crippen molar-refractivity contribution in [2.45, 2.75) is 30.7 Å². The van der Waals surface area contributed by atoms with Crippen LogP contribution in [-0.2, 0) is 11.2 Å². The van der Waals surface area contributed by atoms with Gasteiger partial charge in [0, 0.05) is 6.42 Å². The fourth-order valence-electron chi connectivity index (χ4n) is 1.74. The molecule has 0 saturated heterocycles. The van der Waals surface area contributed by atoms with Crippen molar-refractivity contribution in [3.63, 3.8) is 0 Å². The highest BCUT2D eigenvalue weighted by molar-refractivity contribution is 8.00. The molecule has 1 unspecified atom stereocenters. The molecule has 0 fully saturated rings. The number of aromatic nitrogens is 3. The zero-order chi connectivity index (χ0) is 16.1. The Morgan fingerprint density at radius 2 is 2.14 bits per heavy atom. The number of H-pyrrole nitrogens is 1. The number of carbonyl (C=O) groups is 2. The van der Waals surface area contributed by atoms with Gasteiger partial charge in [-0.3, -0.25) is 14.7 Å². The number of hydrogen-bond donors (Lipinski definition) is 3. The summed E-state index contributed by atoms with van der Waals surface area (Å²) in [6, 6.07) is 6.62. The molecule has 0 aliphatic heterocycles. The SMILES string of the molecule is CCc1nc(SC(C)C(=O)Nc2ccccc2C(N)=O)n[nH]1. The molecule has 7 nitrogen and oxygen atoms in total. The smallest absolute Gasteiger partial charge is 0.250 e. The number of para-hydroxylation sites is 1. The maximum atomic E-state index is 12.2. The van der Waals surface area contributed by atoms with Crippen LogP contribution < -0.4 is 11.1 Å². The number of carbonyl (C=O) groups excluding carboxylic acids is 2. The fourth-order valence-corrected chi connectivity index (χ4v) is 2.49. The lowest BCUT2D eigenvalue weighted by atomic mass is 10.1. The van der Waals surface area contributed by atoms with Crippen molar-refractivity contribution in [1.82, 2.24) is 15.2 Å². The van der Waals surface area contributed by atoms with E-state index >= 15 is 0 Å². The molecule has 1 aromatic heterocycles. The summed E-state index contributed by atoms with van der Waals surface area (Å²) in [5, 5.41) is 9.64. The number of thioether (sulfide) groups is 1. The molecule has 2 rings (SSSR count). The molecule has 0 aliphatic carbocycles. The first-order chi connectivity index (χ1) is 10.5. The molecule has 0 bridgehead atoms. The van der Waals surface area contributed by atoms with Gasteiger partial charge >= 0.3 is 0 Å². The first-order valence-electron chi connectivity index (χ1n) is 6.79. The topological polar surface area (TPSA) is 114 Å². The number of aryl methyl sites for hydroxylation is 1. The second kappa shape index (κ2) is 7.08. The van der Waals surface area contributed by atoms with Gasteiger partial charge < -0.3 is 11.1 Å². The van der Waals surface area contributed by atoms with E-state index in [0.717, 1.165) is 12.2 Å². The number of rotatable bonds is 6. The van der Waals surface area contributed by atoms with E-state index in [1.54, 1.807) is 31.2 Å². The molecule has 0 spiro atoms. The number of benzene rings is 1. The first kappa shape index (κ1) is 16.0. The average Bonchev–Trinajstić information content (AvgIpc) is 2.95. The Balaban J connectivity index is 2.04. The molecule has 1 heterocycles. The molecule has 0 radical (unpaired) electrons. The Bertz CT molecular complexity index is 685. The standard InChI is InChI=1S/C14H17N5O2S/c1-3-11-17-14(19-18-11)22-8(2)13(21)16-10-7-5-4-6-9(10)12(15)20/h4-8H,3H2,1-2H3,(H2,15,20)(H,16,21)(H,17,18,19). The van der Waals surface area contributed by atoms with E-state index < -0.39 is 11.2 Å². The van der Waals surface area contributed by atoms with Crippen molar-refractivity contribution in [3.05, 3.63) is 35.7 Å². The molecule has 0 saturated carbocycles. The predicted molar refractivity (Wildman–Crippen MR) is 84.7 cm³/mol. The number of anilines is 1. The summed E-state index contributed by atoms with van der Waals surface area (Å²) in [5.74, 6) is -0.0616. The van der Waals surface area contributed by atoms with Gasteiger partial charge in [0.25, 0.3) is 5.91 Å². The normalized spacial score (nSPS) is 11.9. The van der Waals surface area contributed by atoms with Gasteiger partial charge in [0.15, 0.2) is 0 Å². The van der Waals surface area contributed by atoms with Crippen LogP contribution in [0.1, 0.15) is 30.0 Å². The highest BCUT2D eigenvalue weighted by Crippen LogP contribution is 2.22. The van der Waals surface area contributed by atoms with E-state index in [2.05, 4.69) is 20.5 Å². The second-order valence-electron chi connectivity index (χ2n) is 4.58. The molecule has 22 heavy (non-hydrogen) atoms. The number of amides is 2. The minimum absolute atomic E-state index is 0.249. The molecule has 8 heteroatoms. The van der Waals surface area contributed by atoms with Crippen molar-refractivity contribution in [2.75, 3.05) is 5.32 Å². The highest BCUT2D eigenvalue weighted by atomic mass is 32.2. The van der Waals surface area contributed by atoms with Gasteiger partial charge in [-0.1, -0.05) is 30.8 Å².